The second kappa shape index (κ2) is 9.87. The number of quaternary nitrogens is 1. The topological polar surface area (TPSA) is 88.9 Å². The third-order valence-electron chi connectivity index (χ3n) is 4.48. The number of carbonyl (C=O) groups is 1. The van der Waals surface area contributed by atoms with Crippen molar-refractivity contribution in [3.63, 3.8) is 0 Å². The van der Waals surface area contributed by atoms with Gasteiger partial charge >= 0.3 is 0 Å². The molecule has 0 aromatic heterocycles. The number of sulfonamides is 1. The van der Waals surface area contributed by atoms with Gasteiger partial charge in [0.2, 0.25) is 10.0 Å². The molecule has 2 aromatic rings. The molecule has 0 aliphatic carbocycles. The molecule has 0 heterocycles. The molecule has 0 unspecified atom stereocenters. The van der Waals surface area contributed by atoms with Crippen LogP contribution in [0.15, 0.2) is 53.4 Å². The maximum atomic E-state index is 12.7. The van der Waals surface area contributed by atoms with Crippen LogP contribution < -0.4 is 19.7 Å². The summed E-state index contributed by atoms with van der Waals surface area (Å²) in [5, 5.41) is 2.92. The number of likely N-dealkylation sites (N-methyl/N-ethyl adjacent to an activating group) is 1. The average Bonchev–Trinajstić information content (AvgIpc) is 2.67. The molecular formula is C21H30N3O4S+. The Kier molecular flexibility index (Phi) is 7.78. The molecule has 2 aromatic carbocycles. The van der Waals surface area contributed by atoms with Gasteiger partial charge in [0.05, 0.1) is 38.2 Å². The maximum absolute atomic E-state index is 12.7. The van der Waals surface area contributed by atoms with Gasteiger partial charge in [0.25, 0.3) is 5.91 Å². The molecule has 158 valence electrons. The largest absolute Gasteiger partial charge is 0.496 e. The fraction of sp³-hybridized carbons (Fsp3) is 0.381. The van der Waals surface area contributed by atoms with E-state index in [-0.39, 0.29) is 22.9 Å². The van der Waals surface area contributed by atoms with E-state index in [0.717, 1.165) is 16.2 Å². The van der Waals surface area contributed by atoms with Crippen LogP contribution in [0, 0.1) is 0 Å². The zero-order chi connectivity index (χ0) is 21.6. The van der Waals surface area contributed by atoms with E-state index in [0.29, 0.717) is 12.1 Å². The number of amides is 1. The van der Waals surface area contributed by atoms with Crippen molar-refractivity contribution in [1.82, 2.24) is 10.0 Å². The Morgan fingerprint density at radius 3 is 2.41 bits per heavy atom. The molecule has 1 amide bonds. The molecule has 0 bridgehead atoms. The summed E-state index contributed by atoms with van der Waals surface area (Å²) < 4.78 is 32.7. The first-order chi connectivity index (χ1) is 13.7. The minimum Gasteiger partial charge on any atom is -0.496 e. The third-order valence-corrected chi connectivity index (χ3v) is 6.13. The molecular weight excluding hydrogens is 390 g/mol. The highest BCUT2D eigenvalue weighted by Crippen LogP contribution is 2.22. The minimum atomic E-state index is -3.66. The number of nitrogens with one attached hydrogen (secondary N) is 3. The van der Waals surface area contributed by atoms with Crippen molar-refractivity contribution >= 4 is 15.9 Å². The Morgan fingerprint density at radius 2 is 1.79 bits per heavy atom. The predicted molar refractivity (Wildman–Crippen MR) is 113 cm³/mol. The van der Waals surface area contributed by atoms with Crippen LogP contribution in [0.5, 0.6) is 5.75 Å². The monoisotopic (exact) mass is 420 g/mol. The van der Waals surface area contributed by atoms with Crippen molar-refractivity contribution < 1.29 is 22.8 Å². The molecule has 8 heteroatoms. The van der Waals surface area contributed by atoms with E-state index in [1.54, 1.807) is 33.1 Å². The number of ether oxygens (including phenoxy) is 1. The van der Waals surface area contributed by atoms with Gasteiger partial charge in [-0.2, -0.15) is 0 Å². The van der Waals surface area contributed by atoms with Crippen LogP contribution in [-0.2, 0) is 10.0 Å². The summed E-state index contributed by atoms with van der Waals surface area (Å²) in [5.41, 5.74) is 1.29. The van der Waals surface area contributed by atoms with Crippen molar-refractivity contribution in [2.75, 3.05) is 27.7 Å². The zero-order valence-electron chi connectivity index (χ0n) is 17.5. The van der Waals surface area contributed by atoms with Gasteiger partial charge < -0.3 is 15.0 Å². The summed E-state index contributed by atoms with van der Waals surface area (Å²) >= 11 is 0. The van der Waals surface area contributed by atoms with E-state index in [1.165, 1.54) is 12.1 Å². The summed E-state index contributed by atoms with van der Waals surface area (Å²) in [6.07, 6.45) is 0. The minimum absolute atomic E-state index is 0.0235. The molecule has 3 N–H and O–H groups in total. The molecule has 1 atom stereocenters. The molecule has 2 rings (SSSR count). The van der Waals surface area contributed by atoms with Crippen LogP contribution in [0.4, 0.5) is 0 Å². The van der Waals surface area contributed by atoms with Crippen LogP contribution in [0.3, 0.4) is 0 Å². The quantitative estimate of drug-likeness (QED) is 0.565. The lowest BCUT2D eigenvalue weighted by Crippen LogP contribution is -3.07. The molecule has 7 nitrogen and oxygen atoms in total. The molecule has 0 saturated heterocycles. The zero-order valence-corrected chi connectivity index (χ0v) is 18.3. The summed E-state index contributed by atoms with van der Waals surface area (Å²) in [5.74, 6) is 0.438. The van der Waals surface area contributed by atoms with Gasteiger partial charge in [0.15, 0.2) is 0 Å². The second-order valence-corrected chi connectivity index (χ2v) is 9.10. The maximum Gasteiger partial charge on any atom is 0.251 e. The fourth-order valence-corrected chi connectivity index (χ4v) is 4.36. The SMILES string of the molecule is COc1ccccc1[C@H](CNC(=O)c1cccc(S(=O)(=O)NC(C)C)c1)[NH+](C)C. The number of hydrogen-bond acceptors (Lipinski definition) is 4. The summed E-state index contributed by atoms with van der Waals surface area (Å²) in [6.45, 7) is 3.87. The van der Waals surface area contributed by atoms with E-state index in [2.05, 4.69) is 10.0 Å². The lowest BCUT2D eigenvalue weighted by molar-refractivity contribution is -0.890. The number of methoxy groups -OCH3 is 1. The van der Waals surface area contributed by atoms with E-state index in [9.17, 15) is 13.2 Å². The summed E-state index contributed by atoms with van der Waals surface area (Å²) in [7, 11) is 1.97. The van der Waals surface area contributed by atoms with Crippen LogP contribution in [-0.4, -0.2) is 48.1 Å². The lowest BCUT2D eigenvalue weighted by Gasteiger charge is -2.23. The highest BCUT2D eigenvalue weighted by atomic mass is 32.2. The van der Waals surface area contributed by atoms with Gasteiger partial charge in [-0.1, -0.05) is 18.2 Å². The predicted octanol–water partition coefficient (Wildman–Crippen LogP) is 0.998. The van der Waals surface area contributed by atoms with Crippen molar-refractivity contribution in [2.24, 2.45) is 0 Å². The van der Waals surface area contributed by atoms with Crippen molar-refractivity contribution in [3.05, 3.63) is 59.7 Å². The number of benzene rings is 2. The molecule has 0 aliphatic heterocycles. The van der Waals surface area contributed by atoms with E-state index >= 15 is 0 Å². The van der Waals surface area contributed by atoms with Crippen LogP contribution >= 0.6 is 0 Å². The Hall–Kier alpha value is -2.42. The first-order valence-corrected chi connectivity index (χ1v) is 11.0. The molecule has 0 spiro atoms. The summed E-state index contributed by atoms with van der Waals surface area (Å²) in [4.78, 5) is 13.9. The number of para-hydroxylation sites is 1. The first kappa shape index (κ1) is 22.9. The van der Waals surface area contributed by atoms with Crippen molar-refractivity contribution in [2.45, 2.75) is 30.8 Å². The summed E-state index contributed by atoms with van der Waals surface area (Å²) in [6, 6.07) is 13.5. The van der Waals surface area contributed by atoms with E-state index in [1.807, 2.05) is 38.4 Å². The molecule has 0 fully saturated rings. The van der Waals surface area contributed by atoms with E-state index in [4.69, 9.17) is 4.74 Å². The van der Waals surface area contributed by atoms with Gasteiger partial charge in [0.1, 0.15) is 11.8 Å². The smallest absolute Gasteiger partial charge is 0.251 e. The number of hydrogen-bond donors (Lipinski definition) is 3. The van der Waals surface area contributed by atoms with Crippen LogP contribution in [0.25, 0.3) is 0 Å². The average molecular weight is 421 g/mol. The second-order valence-electron chi connectivity index (χ2n) is 7.39. The highest BCUT2D eigenvalue weighted by molar-refractivity contribution is 7.89. The fourth-order valence-electron chi connectivity index (χ4n) is 3.06. The van der Waals surface area contributed by atoms with Gasteiger partial charge in [-0.3, -0.25) is 4.79 Å². The Labute approximate surface area is 173 Å². The molecule has 0 aliphatic rings. The molecule has 0 saturated carbocycles. The van der Waals surface area contributed by atoms with Crippen molar-refractivity contribution in [1.29, 1.82) is 0 Å². The Balaban J connectivity index is 2.18. The first-order valence-electron chi connectivity index (χ1n) is 9.49. The van der Waals surface area contributed by atoms with Crippen LogP contribution in [0.2, 0.25) is 0 Å². The van der Waals surface area contributed by atoms with Gasteiger partial charge in [-0.25, -0.2) is 13.1 Å². The van der Waals surface area contributed by atoms with Gasteiger partial charge in [-0.05, 0) is 44.2 Å². The standard InChI is InChI=1S/C21H29N3O4S/c1-15(2)23-29(26,27)17-10-8-9-16(13-17)21(25)22-14-19(24(3)4)18-11-6-7-12-20(18)28-5/h6-13,15,19,23H,14H2,1-5H3,(H,22,25)/p+1/t19-/m0/s1. The van der Waals surface area contributed by atoms with E-state index < -0.39 is 10.0 Å². The normalized spacial score (nSPS) is 12.8. The van der Waals surface area contributed by atoms with Crippen molar-refractivity contribution in [3.8, 4) is 5.75 Å². The number of rotatable bonds is 9. The Bertz CT molecular complexity index is 942. The third kappa shape index (κ3) is 6.03. The number of carbonyl (C=O) groups excluding carboxylic acids is 1. The lowest BCUT2D eigenvalue weighted by atomic mass is 10.0. The molecule has 0 radical (unpaired) electrons. The van der Waals surface area contributed by atoms with Crippen LogP contribution in [0.1, 0.15) is 35.8 Å². The van der Waals surface area contributed by atoms with Gasteiger partial charge in [0, 0.05) is 11.6 Å². The molecule has 29 heavy (non-hydrogen) atoms. The highest BCUT2D eigenvalue weighted by Gasteiger charge is 2.23. The van der Waals surface area contributed by atoms with Gasteiger partial charge in [-0.15, -0.1) is 0 Å². The Morgan fingerprint density at radius 1 is 1.10 bits per heavy atom.